The first-order valence-corrected chi connectivity index (χ1v) is 7.62. The number of rotatable bonds is 3. The molecule has 3 rings (SSSR count). The number of hydrogen-bond acceptors (Lipinski definition) is 6. The summed E-state index contributed by atoms with van der Waals surface area (Å²) in [6, 6.07) is 7.36. The number of aliphatic hydroxyl groups is 1. The lowest BCUT2D eigenvalue weighted by Gasteiger charge is -2.08. The predicted octanol–water partition coefficient (Wildman–Crippen LogP) is 2.86. The second-order valence-electron chi connectivity index (χ2n) is 5.54. The number of benzene rings is 1. The fourth-order valence-corrected chi connectivity index (χ4v) is 2.76. The van der Waals surface area contributed by atoms with Crippen molar-refractivity contribution in [3.8, 4) is 6.07 Å². The zero-order valence-electron chi connectivity index (χ0n) is 12.8. The first-order valence-electron chi connectivity index (χ1n) is 7.62. The van der Waals surface area contributed by atoms with Crippen molar-refractivity contribution < 1.29 is 10.0 Å². The first kappa shape index (κ1) is 15.7. The molecule has 0 bridgehead atoms. The van der Waals surface area contributed by atoms with Crippen LogP contribution in [-0.2, 0) is 13.0 Å². The van der Waals surface area contributed by atoms with Crippen LogP contribution in [-0.4, -0.2) is 24.8 Å². The maximum atomic E-state index is 10.7. The number of aromatic nitrogens is 3. The van der Waals surface area contributed by atoms with Crippen molar-refractivity contribution in [3.63, 3.8) is 0 Å². The lowest BCUT2D eigenvalue weighted by molar-refractivity contribution is -0.384. The number of nitro benzene ring substituents is 1. The lowest BCUT2D eigenvalue weighted by Crippen LogP contribution is -2.06. The molecular weight excluding hydrogens is 310 g/mol. The van der Waals surface area contributed by atoms with Gasteiger partial charge in [0.25, 0.3) is 5.69 Å². The lowest BCUT2D eigenvalue weighted by atomic mass is 10.1. The molecule has 1 N–H and O–H groups in total. The van der Waals surface area contributed by atoms with E-state index in [1.807, 2.05) is 10.6 Å². The molecule has 0 saturated heterocycles. The average molecular weight is 325 g/mol. The third-order valence-electron chi connectivity index (χ3n) is 4.03. The minimum Gasteiger partial charge on any atom is -0.506 e. The van der Waals surface area contributed by atoms with E-state index < -0.39 is 4.92 Å². The van der Waals surface area contributed by atoms with Gasteiger partial charge in [0, 0.05) is 30.7 Å². The highest BCUT2D eigenvalue weighted by molar-refractivity contribution is 5.92. The summed E-state index contributed by atoms with van der Waals surface area (Å²) in [6.45, 7) is 0.705. The molecule has 8 nitrogen and oxygen atoms in total. The number of nitro groups is 1. The van der Waals surface area contributed by atoms with Crippen molar-refractivity contribution in [2.24, 2.45) is 0 Å². The van der Waals surface area contributed by atoms with E-state index in [1.54, 1.807) is 0 Å². The van der Waals surface area contributed by atoms with E-state index in [4.69, 9.17) is 0 Å². The molecule has 1 aromatic heterocycles. The Kier molecular flexibility index (Phi) is 4.24. The van der Waals surface area contributed by atoms with Crippen molar-refractivity contribution >= 4 is 17.0 Å². The van der Waals surface area contributed by atoms with Crippen molar-refractivity contribution in [2.75, 3.05) is 0 Å². The number of nitriles is 1. The van der Waals surface area contributed by atoms with Crippen LogP contribution in [0.3, 0.4) is 0 Å². The Morgan fingerprint density at radius 1 is 1.25 bits per heavy atom. The Morgan fingerprint density at radius 2 is 2.00 bits per heavy atom. The normalized spacial score (nSPS) is 15.0. The molecule has 0 saturated carbocycles. The Morgan fingerprint density at radius 3 is 2.67 bits per heavy atom. The van der Waals surface area contributed by atoms with Gasteiger partial charge in [-0.2, -0.15) is 5.26 Å². The van der Waals surface area contributed by atoms with Crippen LogP contribution < -0.4 is 0 Å². The Bertz CT molecular complexity index is 846. The number of non-ortho nitro benzene ring substituents is 1. The smallest absolute Gasteiger partial charge is 0.269 e. The summed E-state index contributed by atoms with van der Waals surface area (Å²) in [5, 5.41) is 38.8. The maximum absolute atomic E-state index is 10.7. The molecule has 0 unspecified atom stereocenters. The van der Waals surface area contributed by atoms with Crippen LogP contribution in [0.1, 0.15) is 36.5 Å². The van der Waals surface area contributed by atoms with Crippen molar-refractivity contribution in [3.05, 3.63) is 51.6 Å². The van der Waals surface area contributed by atoms with Crippen molar-refractivity contribution in [1.82, 2.24) is 14.8 Å². The summed E-state index contributed by atoms with van der Waals surface area (Å²) in [4.78, 5) is 10.2. The van der Waals surface area contributed by atoms with Gasteiger partial charge in [0.15, 0.2) is 5.82 Å². The van der Waals surface area contributed by atoms with Gasteiger partial charge in [-0.25, -0.2) is 0 Å². The van der Waals surface area contributed by atoms with Gasteiger partial charge in [0.2, 0.25) is 0 Å². The van der Waals surface area contributed by atoms with Gasteiger partial charge in [0.1, 0.15) is 23.2 Å². The highest BCUT2D eigenvalue weighted by atomic mass is 16.6. The summed E-state index contributed by atoms with van der Waals surface area (Å²) in [7, 11) is 0. The molecule has 2 heterocycles. The molecule has 0 aliphatic carbocycles. The molecule has 24 heavy (non-hydrogen) atoms. The largest absolute Gasteiger partial charge is 0.506 e. The van der Waals surface area contributed by atoms with Gasteiger partial charge in [-0.1, -0.05) is 6.42 Å². The summed E-state index contributed by atoms with van der Waals surface area (Å²) in [5.74, 6) is 0.892. The number of aliphatic hydroxyl groups excluding tert-OH is 1. The summed E-state index contributed by atoms with van der Waals surface area (Å²) >= 11 is 0. The van der Waals surface area contributed by atoms with Crippen LogP contribution >= 0.6 is 0 Å². The van der Waals surface area contributed by atoms with E-state index in [0.29, 0.717) is 17.9 Å². The number of aryl methyl sites for hydroxylation is 1. The number of hydrogen-bond donors (Lipinski definition) is 1. The number of fused-ring (bicyclic) bond motifs is 1. The fraction of sp³-hybridized carbons (Fsp3) is 0.312. The SMILES string of the molecule is N#C/C(=C(/O)c1ccc([N+](=O)[O-])cc1)c1nnc2n1CCCCC2. The molecule has 2 aromatic rings. The van der Waals surface area contributed by atoms with Crippen molar-refractivity contribution in [2.45, 2.75) is 32.2 Å². The predicted molar refractivity (Wildman–Crippen MR) is 85.7 cm³/mol. The van der Waals surface area contributed by atoms with Crippen LogP contribution in [0.4, 0.5) is 5.69 Å². The molecule has 0 fully saturated rings. The zero-order valence-corrected chi connectivity index (χ0v) is 12.8. The zero-order chi connectivity index (χ0) is 17.1. The van der Waals surface area contributed by atoms with Crippen LogP contribution in [0, 0.1) is 21.4 Å². The summed E-state index contributed by atoms with van der Waals surface area (Å²) in [6.07, 6.45) is 3.87. The third-order valence-corrected chi connectivity index (χ3v) is 4.03. The van der Waals surface area contributed by atoms with Gasteiger partial charge < -0.3 is 9.67 Å². The van der Waals surface area contributed by atoms with E-state index in [1.165, 1.54) is 24.3 Å². The average Bonchev–Trinajstić information content (AvgIpc) is 2.84. The molecule has 0 atom stereocenters. The Hall–Kier alpha value is -3.21. The van der Waals surface area contributed by atoms with E-state index in [2.05, 4.69) is 10.2 Å². The number of allylic oxidation sites excluding steroid dienone is 1. The molecule has 0 spiro atoms. The summed E-state index contributed by atoms with van der Waals surface area (Å²) < 4.78 is 1.87. The minimum atomic E-state index is -0.520. The van der Waals surface area contributed by atoms with Crippen molar-refractivity contribution in [1.29, 1.82) is 5.26 Å². The fourth-order valence-electron chi connectivity index (χ4n) is 2.76. The minimum absolute atomic E-state index is 0.0181. The molecule has 0 radical (unpaired) electrons. The highest BCUT2D eigenvalue weighted by Gasteiger charge is 2.21. The number of nitrogens with zero attached hydrogens (tertiary/aromatic N) is 5. The topological polar surface area (TPSA) is 118 Å². The van der Waals surface area contributed by atoms with E-state index in [-0.39, 0.29) is 17.0 Å². The van der Waals surface area contributed by atoms with Gasteiger partial charge in [0.05, 0.1) is 4.92 Å². The molecule has 122 valence electrons. The molecule has 0 amide bonds. The van der Waals surface area contributed by atoms with E-state index in [0.717, 1.165) is 31.5 Å². The second kappa shape index (κ2) is 6.50. The van der Waals surface area contributed by atoms with Crippen LogP contribution in [0.2, 0.25) is 0 Å². The van der Waals surface area contributed by atoms with Crippen LogP contribution in [0.5, 0.6) is 0 Å². The maximum Gasteiger partial charge on any atom is 0.269 e. The summed E-state index contributed by atoms with van der Waals surface area (Å²) in [5.41, 5.74) is 0.258. The van der Waals surface area contributed by atoms with E-state index >= 15 is 0 Å². The highest BCUT2D eigenvalue weighted by Crippen LogP contribution is 2.26. The first-order chi connectivity index (χ1) is 11.6. The third kappa shape index (κ3) is 2.84. The van der Waals surface area contributed by atoms with Gasteiger partial charge in [-0.3, -0.25) is 10.1 Å². The molecule has 1 aliphatic rings. The standard InChI is InChI=1S/C16H15N5O3/c17-10-13(15(22)11-5-7-12(8-6-11)21(23)24)16-19-18-14-4-2-1-3-9-20(14)16/h5-8,22H,1-4,9H2/b15-13-. The van der Waals surface area contributed by atoms with E-state index in [9.17, 15) is 20.5 Å². The van der Waals surface area contributed by atoms with Gasteiger partial charge in [-0.05, 0) is 25.0 Å². The quantitative estimate of drug-likeness (QED) is 0.401. The molecular formula is C16H15N5O3. The Balaban J connectivity index is 2.04. The second-order valence-corrected chi connectivity index (χ2v) is 5.54. The van der Waals surface area contributed by atoms with Crippen LogP contribution in [0.25, 0.3) is 11.3 Å². The van der Waals surface area contributed by atoms with Gasteiger partial charge >= 0.3 is 0 Å². The molecule has 8 heteroatoms. The Labute approximate surface area is 137 Å². The van der Waals surface area contributed by atoms with Gasteiger partial charge in [-0.15, -0.1) is 10.2 Å². The van der Waals surface area contributed by atoms with Crippen LogP contribution in [0.15, 0.2) is 24.3 Å². The monoisotopic (exact) mass is 325 g/mol. The molecule has 1 aromatic carbocycles. The molecule has 1 aliphatic heterocycles.